The van der Waals surface area contributed by atoms with E-state index < -0.39 is 5.97 Å². The maximum absolute atomic E-state index is 10.8. The highest BCUT2D eigenvalue weighted by molar-refractivity contribution is 6.43. The van der Waals surface area contributed by atoms with Crippen LogP contribution in [-0.2, 0) is 14.4 Å². The number of halogens is 1. The molecule has 0 aliphatic rings. The van der Waals surface area contributed by atoms with Crippen LogP contribution in [0.3, 0.4) is 0 Å². The number of oxime groups is 1. The molecule has 0 aromatic heterocycles. The minimum atomic E-state index is -0.644. The summed E-state index contributed by atoms with van der Waals surface area (Å²) in [4.78, 5) is 15.2. The van der Waals surface area contributed by atoms with Crippen LogP contribution in [0.5, 0.6) is 0 Å². The van der Waals surface area contributed by atoms with Crippen LogP contribution in [0.15, 0.2) is 5.16 Å². The van der Waals surface area contributed by atoms with Crippen molar-refractivity contribution in [2.75, 3.05) is 20.1 Å². The van der Waals surface area contributed by atoms with Gasteiger partial charge in [-0.05, 0) is 5.92 Å². The van der Waals surface area contributed by atoms with Gasteiger partial charge in [0.1, 0.15) is 7.11 Å². The first-order chi connectivity index (χ1) is 5.76. The van der Waals surface area contributed by atoms with Gasteiger partial charge >= 0.3 is 5.97 Å². The molecular formula is C7H8ClNO3. The fourth-order valence-corrected chi connectivity index (χ4v) is 0.483. The van der Waals surface area contributed by atoms with E-state index >= 15 is 0 Å². The SMILES string of the molecule is CO/N=C(\C#CCCl)C(=O)OC. The number of ether oxygens (including phenoxy) is 1. The van der Waals surface area contributed by atoms with Crippen LogP contribution in [-0.4, -0.2) is 31.8 Å². The molecule has 0 amide bonds. The number of nitrogens with zero attached hydrogens (tertiary/aromatic N) is 1. The Bertz CT molecular complexity index is 239. The Morgan fingerprint density at radius 1 is 1.58 bits per heavy atom. The summed E-state index contributed by atoms with van der Waals surface area (Å²) in [6, 6.07) is 0. The van der Waals surface area contributed by atoms with Crippen molar-refractivity contribution in [3.63, 3.8) is 0 Å². The second-order valence-corrected chi connectivity index (χ2v) is 1.82. The van der Waals surface area contributed by atoms with Crippen molar-refractivity contribution < 1.29 is 14.4 Å². The highest BCUT2D eigenvalue weighted by Crippen LogP contribution is 1.83. The molecule has 66 valence electrons. The second-order valence-electron chi connectivity index (χ2n) is 1.55. The smallest absolute Gasteiger partial charge is 0.368 e. The van der Waals surface area contributed by atoms with Gasteiger partial charge in [-0.2, -0.15) is 0 Å². The monoisotopic (exact) mass is 189 g/mol. The number of carbonyl (C=O) groups is 1. The second kappa shape index (κ2) is 6.50. The van der Waals surface area contributed by atoms with Crippen molar-refractivity contribution >= 4 is 23.3 Å². The fraction of sp³-hybridized carbons (Fsp3) is 0.429. The van der Waals surface area contributed by atoms with Gasteiger partial charge < -0.3 is 9.57 Å². The van der Waals surface area contributed by atoms with Crippen LogP contribution < -0.4 is 0 Å². The molecule has 0 radical (unpaired) electrons. The largest absolute Gasteiger partial charge is 0.464 e. The minimum Gasteiger partial charge on any atom is -0.464 e. The molecule has 0 saturated heterocycles. The number of carbonyl (C=O) groups excluding carboxylic acids is 1. The average Bonchev–Trinajstić information content (AvgIpc) is 2.11. The highest BCUT2D eigenvalue weighted by Gasteiger charge is 2.08. The van der Waals surface area contributed by atoms with Gasteiger partial charge in [-0.25, -0.2) is 4.79 Å². The standard InChI is InChI=1S/C7H8ClNO3/c1-11-7(10)6(9-12-2)4-3-5-8/h5H2,1-2H3/b9-6+. The zero-order chi connectivity index (χ0) is 9.40. The summed E-state index contributed by atoms with van der Waals surface area (Å²) in [7, 11) is 2.54. The number of alkyl halides is 1. The van der Waals surface area contributed by atoms with Crippen molar-refractivity contribution in [1.29, 1.82) is 0 Å². The van der Waals surface area contributed by atoms with Crippen LogP contribution in [0, 0.1) is 11.8 Å². The van der Waals surface area contributed by atoms with E-state index in [1.807, 2.05) is 0 Å². The third-order valence-corrected chi connectivity index (χ3v) is 0.969. The van der Waals surface area contributed by atoms with Gasteiger partial charge in [0.15, 0.2) is 0 Å². The summed E-state index contributed by atoms with van der Waals surface area (Å²) in [5.41, 5.74) is -0.0966. The maximum Gasteiger partial charge on any atom is 0.368 e. The van der Waals surface area contributed by atoms with Gasteiger partial charge in [-0.3, -0.25) is 0 Å². The van der Waals surface area contributed by atoms with Crippen molar-refractivity contribution in [2.24, 2.45) is 5.16 Å². The first-order valence-corrected chi connectivity index (χ1v) is 3.54. The lowest BCUT2D eigenvalue weighted by Crippen LogP contribution is -2.14. The summed E-state index contributed by atoms with van der Waals surface area (Å²) in [5.74, 6) is 4.32. The summed E-state index contributed by atoms with van der Waals surface area (Å²) in [6.07, 6.45) is 0. The lowest BCUT2D eigenvalue weighted by Gasteiger charge is -1.94. The van der Waals surface area contributed by atoms with Crippen LogP contribution in [0.1, 0.15) is 0 Å². The van der Waals surface area contributed by atoms with Crippen LogP contribution in [0.25, 0.3) is 0 Å². The maximum atomic E-state index is 10.8. The molecule has 0 heterocycles. The first-order valence-electron chi connectivity index (χ1n) is 3.00. The topological polar surface area (TPSA) is 47.9 Å². The van der Waals surface area contributed by atoms with Gasteiger partial charge in [-0.15, -0.1) is 11.6 Å². The third-order valence-electron chi connectivity index (χ3n) is 0.835. The number of methoxy groups -OCH3 is 1. The van der Waals surface area contributed by atoms with E-state index in [2.05, 4.69) is 26.6 Å². The van der Waals surface area contributed by atoms with Gasteiger partial charge in [-0.1, -0.05) is 11.1 Å². The zero-order valence-electron chi connectivity index (χ0n) is 6.76. The van der Waals surface area contributed by atoms with Gasteiger partial charge in [0, 0.05) is 0 Å². The molecule has 0 bridgehead atoms. The number of hydrogen-bond acceptors (Lipinski definition) is 4. The molecule has 0 rings (SSSR count). The Labute approximate surface area is 75.5 Å². The lowest BCUT2D eigenvalue weighted by atomic mass is 10.4. The molecule has 0 aliphatic carbocycles. The Morgan fingerprint density at radius 2 is 2.25 bits per heavy atom. The molecule has 0 fully saturated rings. The van der Waals surface area contributed by atoms with Crippen molar-refractivity contribution in [2.45, 2.75) is 0 Å². The molecule has 0 aromatic carbocycles. The first kappa shape index (κ1) is 10.8. The average molecular weight is 190 g/mol. The zero-order valence-corrected chi connectivity index (χ0v) is 7.51. The molecule has 0 aromatic rings. The molecule has 0 saturated carbocycles. The fourth-order valence-electron chi connectivity index (χ4n) is 0.416. The summed E-state index contributed by atoms with van der Waals surface area (Å²) in [5, 5.41) is 3.34. The predicted octanol–water partition coefficient (Wildman–Crippen LogP) is 0.404. The lowest BCUT2D eigenvalue weighted by molar-refractivity contribution is -0.132. The summed E-state index contributed by atoms with van der Waals surface area (Å²) < 4.78 is 4.37. The van der Waals surface area contributed by atoms with E-state index in [0.29, 0.717) is 0 Å². The Balaban J connectivity index is 4.45. The van der Waals surface area contributed by atoms with Gasteiger partial charge in [0.2, 0.25) is 5.71 Å². The molecule has 0 atom stereocenters. The van der Waals surface area contributed by atoms with Crippen molar-refractivity contribution in [3.05, 3.63) is 0 Å². The number of esters is 1. The Hall–Kier alpha value is -1.21. The quantitative estimate of drug-likeness (QED) is 0.208. The van der Waals surface area contributed by atoms with Crippen molar-refractivity contribution in [3.8, 4) is 11.8 Å². The minimum absolute atomic E-state index is 0.0966. The molecule has 4 nitrogen and oxygen atoms in total. The third kappa shape index (κ3) is 3.84. The Morgan fingerprint density at radius 3 is 2.67 bits per heavy atom. The molecule has 0 aliphatic heterocycles. The van der Waals surface area contributed by atoms with E-state index in [1.165, 1.54) is 14.2 Å². The van der Waals surface area contributed by atoms with E-state index in [-0.39, 0.29) is 11.6 Å². The highest BCUT2D eigenvalue weighted by atomic mass is 35.5. The van der Waals surface area contributed by atoms with E-state index in [9.17, 15) is 4.79 Å². The molecule has 0 N–H and O–H groups in total. The van der Waals surface area contributed by atoms with Crippen LogP contribution in [0.4, 0.5) is 0 Å². The molecular weight excluding hydrogens is 182 g/mol. The molecule has 12 heavy (non-hydrogen) atoms. The molecule has 0 spiro atoms. The van der Waals surface area contributed by atoms with E-state index in [0.717, 1.165) is 0 Å². The number of rotatable bonds is 2. The summed E-state index contributed by atoms with van der Waals surface area (Å²) in [6.45, 7) is 0. The van der Waals surface area contributed by atoms with E-state index in [1.54, 1.807) is 0 Å². The molecule has 5 heteroatoms. The van der Waals surface area contributed by atoms with Gasteiger partial charge in [0.25, 0.3) is 0 Å². The normalized spacial score (nSPS) is 9.75. The molecule has 0 unspecified atom stereocenters. The van der Waals surface area contributed by atoms with E-state index in [4.69, 9.17) is 11.6 Å². The van der Waals surface area contributed by atoms with Crippen LogP contribution >= 0.6 is 11.6 Å². The van der Waals surface area contributed by atoms with Crippen LogP contribution in [0.2, 0.25) is 0 Å². The van der Waals surface area contributed by atoms with Gasteiger partial charge in [0.05, 0.1) is 13.0 Å². The Kier molecular flexibility index (Phi) is 5.84. The number of hydrogen-bond donors (Lipinski definition) is 0. The summed E-state index contributed by atoms with van der Waals surface area (Å²) >= 11 is 5.27. The van der Waals surface area contributed by atoms with Crippen molar-refractivity contribution in [1.82, 2.24) is 0 Å². The predicted molar refractivity (Wildman–Crippen MR) is 45.0 cm³/mol.